The Hall–Kier alpha value is -2.41. The van der Waals surface area contributed by atoms with Crippen molar-refractivity contribution in [1.29, 1.82) is 0 Å². The lowest BCUT2D eigenvalue weighted by molar-refractivity contribution is -0.116. The molecular weight excluding hydrogens is 350 g/mol. The topological polar surface area (TPSA) is 80.2 Å². The number of hydrogen-bond acceptors (Lipinski definition) is 3. The van der Waals surface area contributed by atoms with Gasteiger partial charge in [0, 0.05) is 35.0 Å². The first-order valence-corrected chi connectivity index (χ1v) is 7.27. The number of nitrogens with one attached hydrogen (secondary N) is 2. The zero-order valence-electron chi connectivity index (χ0n) is 11.8. The molecule has 0 aliphatic carbocycles. The van der Waals surface area contributed by atoms with E-state index in [1.165, 1.54) is 17.7 Å². The monoisotopic (exact) mass is 363 g/mol. The van der Waals surface area contributed by atoms with E-state index in [0.717, 1.165) is 0 Å². The van der Waals surface area contributed by atoms with Crippen molar-refractivity contribution in [1.82, 2.24) is 9.88 Å². The molecule has 0 fully saturated rings. The zero-order valence-corrected chi connectivity index (χ0v) is 13.4. The van der Waals surface area contributed by atoms with Gasteiger partial charge in [-0.05, 0) is 40.2 Å². The van der Waals surface area contributed by atoms with Crippen LogP contribution in [0.4, 0.5) is 5.69 Å². The number of carbonyl (C=O) groups excluding carboxylic acids is 2. The van der Waals surface area contributed by atoms with E-state index in [0.29, 0.717) is 15.7 Å². The van der Waals surface area contributed by atoms with E-state index in [4.69, 9.17) is 0 Å². The minimum atomic E-state index is -0.353. The largest absolute Gasteiger partial charge is 0.355 e. The second-order valence-corrected chi connectivity index (χ2v) is 5.44. The Bertz CT molecular complexity index is 771. The minimum absolute atomic E-state index is 0.109. The third-order valence-electron chi connectivity index (χ3n) is 2.90. The molecular formula is C15H14BrN3O3. The van der Waals surface area contributed by atoms with Crippen molar-refractivity contribution < 1.29 is 9.59 Å². The fraction of sp³-hybridized carbons (Fsp3) is 0.133. The number of rotatable bonds is 4. The van der Waals surface area contributed by atoms with Crippen molar-refractivity contribution in [2.75, 3.05) is 12.4 Å². The van der Waals surface area contributed by atoms with E-state index in [9.17, 15) is 14.4 Å². The van der Waals surface area contributed by atoms with Gasteiger partial charge in [0.15, 0.2) is 0 Å². The Balaban J connectivity index is 2.11. The Labute approximate surface area is 135 Å². The molecule has 0 atom stereocenters. The SMILES string of the molecule is CNC(=O)c1cccc(NC(=O)Cn2cc(Br)ccc2=O)c1. The minimum Gasteiger partial charge on any atom is -0.355 e. The Morgan fingerprint density at radius 2 is 2.00 bits per heavy atom. The van der Waals surface area contributed by atoms with Crippen LogP contribution in [-0.2, 0) is 11.3 Å². The summed E-state index contributed by atoms with van der Waals surface area (Å²) >= 11 is 3.25. The lowest BCUT2D eigenvalue weighted by Crippen LogP contribution is -2.26. The van der Waals surface area contributed by atoms with Gasteiger partial charge in [-0.25, -0.2) is 0 Å². The number of nitrogens with zero attached hydrogens (tertiary/aromatic N) is 1. The number of carbonyl (C=O) groups is 2. The highest BCUT2D eigenvalue weighted by molar-refractivity contribution is 9.10. The maximum absolute atomic E-state index is 12.0. The summed E-state index contributed by atoms with van der Waals surface area (Å²) in [4.78, 5) is 35.2. The Morgan fingerprint density at radius 1 is 1.23 bits per heavy atom. The van der Waals surface area contributed by atoms with Crippen molar-refractivity contribution in [3.63, 3.8) is 0 Å². The van der Waals surface area contributed by atoms with Crippen molar-refractivity contribution >= 4 is 33.4 Å². The van der Waals surface area contributed by atoms with Crippen LogP contribution < -0.4 is 16.2 Å². The summed E-state index contributed by atoms with van der Waals surface area (Å²) in [5, 5.41) is 5.18. The van der Waals surface area contributed by atoms with Crippen LogP contribution in [0.5, 0.6) is 0 Å². The molecule has 0 unspecified atom stereocenters. The van der Waals surface area contributed by atoms with Crippen LogP contribution in [0, 0.1) is 0 Å². The van der Waals surface area contributed by atoms with Gasteiger partial charge in [0.2, 0.25) is 5.91 Å². The highest BCUT2D eigenvalue weighted by Gasteiger charge is 2.08. The second kappa shape index (κ2) is 7.04. The van der Waals surface area contributed by atoms with Crippen LogP contribution in [0.25, 0.3) is 0 Å². The van der Waals surface area contributed by atoms with Gasteiger partial charge in [-0.1, -0.05) is 6.07 Å². The number of aromatic nitrogens is 1. The van der Waals surface area contributed by atoms with Gasteiger partial charge in [0.25, 0.3) is 11.5 Å². The molecule has 0 saturated carbocycles. The van der Waals surface area contributed by atoms with E-state index < -0.39 is 0 Å². The third-order valence-corrected chi connectivity index (χ3v) is 3.37. The molecule has 0 aliphatic rings. The quantitative estimate of drug-likeness (QED) is 0.865. The summed E-state index contributed by atoms with van der Waals surface area (Å²) in [5.74, 6) is -0.589. The number of anilines is 1. The number of hydrogen-bond donors (Lipinski definition) is 2. The molecule has 1 aromatic heterocycles. The number of amides is 2. The molecule has 6 nitrogen and oxygen atoms in total. The predicted octanol–water partition coefficient (Wildman–Crippen LogP) is 1.61. The molecule has 2 N–H and O–H groups in total. The number of halogens is 1. The molecule has 114 valence electrons. The predicted molar refractivity (Wildman–Crippen MR) is 86.9 cm³/mol. The van der Waals surface area contributed by atoms with E-state index in [1.54, 1.807) is 36.5 Å². The lowest BCUT2D eigenvalue weighted by Gasteiger charge is -2.09. The molecule has 0 bridgehead atoms. The number of pyridine rings is 1. The fourth-order valence-corrected chi connectivity index (χ4v) is 2.24. The summed E-state index contributed by atoms with van der Waals surface area (Å²) in [6.45, 7) is -0.109. The first kappa shape index (κ1) is 16.0. The molecule has 2 rings (SSSR count). The van der Waals surface area contributed by atoms with Gasteiger partial charge in [0.05, 0.1) is 0 Å². The maximum Gasteiger partial charge on any atom is 0.251 e. The van der Waals surface area contributed by atoms with Crippen molar-refractivity contribution in [2.24, 2.45) is 0 Å². The first-order valence-electron chi connectivity index (χ1n) is 6.47. The fourth-order valence-electron chi connectivity index (χ4n) is 1.86. The summed E-state index contributed by atoms with van der Waals surface area (Å²) in [7, 11) is 1.53. The van der Waals surface area contributed by atoms with E-state index in [2.05, 4.69) is 26.6 Å². The summed E-state index contributed by atoms with van der Waals surface area (Å²) < 4.78 is 2.00. The van der Waals surface area contributed by atoms with E-state index >= 15 is 0 Å². The normalized spacial score (nSPS) is 10.1. The third kappa shape index (κ3) is 4.05. The van der Waals surface area contributed by atoms with Gasteiger partial charge in [0.1, 0.15) is 6.54 Å². The van der Waals surface area contributed by atoms with Crippen LogP contribution in [0.3, 0.4) is 0 Å². The van der Waals surface area contributed by atoms with Gasteiger partial charge in [-0.2, -0.15) is 0 Å². The second-order valence-electron chi connectivity index (χ2n) is 4.52. The van der Waals surface area contributed by atoms with Crippen LogP contribution in [0.1, 0.15) is 10.4 Å². The summed E-state index contributed by atoms with van der Waals surface area (Å²) in [6.07, 6.45) is 1.54. The lowest BCUT2D eigenvalue weighted by atomic mass is 10.2. The van der Waals surface area contributed by atoms with Gasteiger partial charge in [-0.15, -0.1) is 0 Å². The van der Waals surface area contributed by atoms with Crippen molar-refractivity contribution in [3.05, 3.63) is 63.0 Å². The molecule has 0 aliphatic heterocycles. The zero-order chi connectivity index (χ0) is 16.1. The molecule has 22 heavy (non-hydrogen) atoms. The Kier molecular flexibility index (Phi) is 5.11. The molecule has 1 aromatic carbocycles. The molecule has 7 heteroatoms. The van der Waals surface area contributed by atoms with Crippen molar-refractivity contribution in [2.45, 2.75) is 6.54 Å². The highest BCUT2D eigenvalue weighted by Crippen LogP contribution is 2.11. The smallest absolute Gasteiger partial charge is 0.251 e. The molecule has 2 amide bonds. The average Bonchev–Trinajstić information content (AvgIpc) is 2.50. The first-order chi connectivity index (χ1) is 10.5. The van der Waals surface area contributed by atoms with Crippen LogP contribution in [0.2, 0.25) is 0 Å². The Morgan fingerprint density at radius 3 is 2.73 bits per heavy atom. The van der Waals surface area contributed by atoms with Crippen LogP contribution in [-0.4, -0.2) is 23.4 Å². The molecule has 0 radical (unpaired) electrons. The van der Waals surface area contributed by atoms with Crippen LogP contribution >= 0.6 is 15.9 Å². The standard InChI is InChI=1S/C15H14BrN3O3/c1-17-15(22)10-3-2-4-12(7-10)18-13(20)9-19-8-11(16)5-6-14(19)21/h2-8H,9H2,1H3,(H,17,22)(H,18,20). The van der Waals surface area contributed by atoms with Crippen LogP contribution in [0.15, 0.2) is 51.9 Å². The molecule has 0 saturated heterocycles. The summed E-state index contributed by atoms with van der Waals surface area (Å²) in [5.41, 5.74) is 0.673. The molecule has 0 spiro atoms. The molecule has 1 heterocycles. The molecule has 2 aromatic rings. The van der Waals surface area contributed by atoms with Gasteiger partial charge >= 0.3 is 0 Å². The van der Waals surface area contributed by atoms with E-state index in [-0.39, 0.29) is 23.9 Å². The van der Waals surface area contributed by atoms with E-state index in [1.807, 2.05) is 0 Å². The average molecular weight is 364 g/mol. The summed E-state index contributed by atoms with van der Waals surface area (Å²) in [6, 6.07) is 9.56. The highest BCUT2D eigenvalue weighted by atomic mass is 79.9. The van der Waals surface area contributed by atoms with Gasteiger partial charge < -0.3 is 15.2 Å². The van der Waals surface area contributed by atoms with Crippen molar-refractivity contribution in [3.8, 4) is 0 Å². The maximum atomic E-state index is 12.0. The number of benzene rings is 1. The van der Waals surface area contributed by atoms with Gasteiger partial charge in [-0.3, -0.25) is 14.4 Å².